The normalized spacial score (nSPS) is 67.9. The molecule has 0 amide bonds. The van der Waals surface area contributed by atoms with Gasteiger partial charge >= 0.3 is 27.4 Å². The zero-order valence-corrected chi connectivity index (χ0v) is 8.60. The van der Waals surface area contributed by atoms with E-state index in [0.717, 1.165) is 0 Å². The summed E-state index contributed by atoms with van der Waals surface area (Å²) in [5.41, 5.74) is 10.9. The molecule has 12 heteroatoms. The Balaban J connectivity index is 1.79. The van der Waals surface area contributed by atoms with E-state index in [1.807, 2.05) is 0 Å². The molecule has 0 radical (unpaired) electrons. The van der Waals surface area contributed by atoms with E-state index in [0.29, 0.717) is 0 Å². The van der Waals surface area contributed by atoms with E-state index in [1.54, 1.807) is 0 Å². The van der Waals surface area contributed by atoms with Gasteiger partial charge in [-0.15, -0.1) is 0 Å². The summed E-state index contributed by atoms with van der Waals surface area (Å²) < 4.78 is 50.6. The second kappa shape index (κ2) is 1.87. The highest BCUT2D eigenvalue weighted by atomic mass is 31.2. The van der Waals surface area contributed by atoms with Crippen molar-refractivity contribution in [1.82, 2.24) is 0 Å². The first-order valence-corrected chi connectivity index (χ1v) is 6.68. The van der Waals surface area contributed by atoms with E-state index in [-0.39, 0.29) is 0 Å². The molecule has 15 heavy (non-hydrogen) atoms. The maximum absolute atomic E-state index is 11.3. The Kier molecular flexibility index (Phi) is 1.15. The molecule has 0 spiro atoms. The lowest BCUT2D eigenvalue weighted by molar-refractivity contribution is -0.531. The summed E-state index contributed by atoms with van der Waals surface area (Å²) in [5.74, 6) is -5.99. The molecule has 6 aliphatic rings. The fraction of sp³-hybridized carbons (Fsp3) is 1.00. The average Bonchev–Trinajstić information content (AvgIpc) is 2.20. The van der Waals surface area contributed by atoms with E-state index in [9.17, 15) is 9.13 Å². The second-order valence-electron chi connectivity index (χ2n) is 3.41. The molecule has 6 rings (SSSR count). The zero-order chi connectivity index (χ0) is 10.7. The quantitative estimate of drug-likeness (QED) is 0.456. The number of fused-ring (bicyclic) bond motifs is 1. The van der Waals surface area contributed by atoms with E-state index in [4.69, 9.17) is 34.1 Å². The van der Waals surface area contributed by atoms with E-state index < -0.39 is 33.3 Å². The Morgan fingerprint density at radius 2 is 1.27 bits per heavy atom. The minimum Gasteiger partial charge on any atom is -0.285 e. The maximum Gasteiger partial charge on any atom is 0.488 e. The number of phosphoric acid groups is 2. The predicted octanol–water partition coefficient (Wildman–Crippen LogP) is -0.722. The summed E-state index contributed by atoms with van der Waals surface area (Å²) in [5, 5.41) is 0. The molecule has 0 aromatic rings. The van der Waals surface area contributed by atoms with Crippen molar-refractivity contribution < 1.29 is 36.3 Å². The maximum atomic E-state index is 11.3. The average molecular weight is 258 g/mol. The van der Waals surface area contributed by atoms with Gasteiger partial charge in [0.25, 0.3) is 0 Å². The molecule has 10 nitrogen and oxygen atoms in total. The van der Waals surface area contributed by atoms with Crippen molar-refractivity contribution >= 4 is 15.6 Å². The molecule has 0 saturated carbocycles. The summed E-state index contributed by atoms with van der Waals surface area (Å²) in [7, 11) is -7.19. The molecule has 4 N–H and O–H groups in total. The number of hydrogen-bond donors (Lipinski definition) is 2. The summed E-state index contributed by atoms with van der Waals surface area (Å²) in [6, 6.07) is 0. The summed E-state index contributed by atoms with van der Waals surface area (Å²) in [4.78, 5) is 0. The lowest BCUT2D eigenvalue weighted by Gasteiger charge is -2.62. The van der Waals surface area contributed by atoms with Crippen molar-refractivity contribution in [2.24, 2.45) is 11.5 Å². The lowest BCUT2D eigenvalue weighted by Crippen LogP contribution is -2.83. The van der Waals surface area contributed by atoms with Gasteiger partial charge < -0.3 is 0 Å². The Morgan fingerprint density at radius 1 is 0.800 bits per heavy atom. The number of rotatable bonds is 1. The molecule has 0 aromatic heterocycles. The second-order valence-corrected chi connectivity index (χ2v) is 6.29. The van der Waals surface area contributed by atoms with Gasteiger partial charge in [0.05, 0.1) is 0 Å². The molecular formula is C3H4N2O8P2. The van der Waals surface area contributed by atoms with Crippen molar-refractivity contribution in [3.8, 4) is 0 Å². The van der Waals surface area contributed by atoms with Gasteiger partial charge in [-0.3, -0.25) is 11.5 Å². The molecule has 4 bridgehead atoms. The van der Waals surface area contributed by atoms with Crippen LogP contribution in [0.5, 0.6) is 0 Å². The van der Waals surface area contributed by atoms with Gasteiger partial charge in [0.15, 0.2) is 0 Å². The third-order valence-electron chi connectivity index (χ3n) is 2.36. The lowest BCUT2D eigenvalue weighted by atomic mass is 10.1. The molecule has 0 atom stereocenters. The van der Waals surface area contributed by atoms with Crippen LogP contribution in [0, 0.1) is 0 Å². The third-order valence-corrected chi connectivity index (χ3v) is 5.24. The minimum atomic E-state index is -3.74. The predicted molar refractivity (Wildman–Crippen MR) is 38.3 cm³/mol. The van der Waals surface area contributed by atoms with Crippen LogP contribution in [0.15, 0.2) is 0 Å². The highest BCUT2D eigenvalue weighted by Gasteiger charge is 2.98. The van der Waals surface area contributed by atoms with Crippen molar-refractivity contribution in [2.75, 3.05) is 0 Å². The van der Waals surface area contributed by atoms with Gasteiger partial charge in [-0.25, -0.2) is 36.3 Å². The number of nitrogens with two attached hydrogens (primary N) is 2. The largest absolute Gasteiger partial charge is 0.488 e. The van der Waals surface area contributed by atoms with Crippen molar-refractivity contribution in [2.45, 2.75) is 17.6 Å². The van der Waals surface area contributed by atoms with E-state index in [1.165, 1.54) is 0 Å². The molecule has 6 aliphatic heterocycles. The topological polar surface area (TPSA) is 142 Å². The highest BCUT2D eigenvalue weighted by Crippen LogP contribution is 2.90. The number of phosphoric ester groups is 2. The van der Waals surface area contributed by atoms with Crippen LogP contribution in [0.25, 0.3) is 0 Å². The van der Waals surface area contributed by atoms with Crippen LogP contribution < -0.4 is 11.5 Å². The van der Waals surface area contributed by atoms with E-state index in [2.05, 4.69) is 4.52 Å². The van der Waals surface area contributed by atoms with Crippen molar-refractivity contribution in [1.29, 1.82) is 0 Å². The SMILES string of the molecule is NC1(N)OP2(=O)OC1(C13OP(=O)(O1)O3)O2. The van der Waals surface area contributed by atoms with Crippen LogP contribution in [0.4, 0.5) is 0 Å². The van der Waals surface area contributed by atoms with Gasteiger partial charge in [0.1, 0.15) is 0 Å². The standard InChI is InChI=1S/C3H4N2O8P2/c4-2(5)1(8-14(6,9-1)10-2)3-11-15(7,12-3)13-3/h4-5H2. The van der Waals surface area contributed by atoms with Gasteiger partial charge in [-0.1, -0.05) is 0 Å². The molecule has 0 unspecified atom stereocenters. The first-order valence-electron chi connectivity index (χ1n) is 3.76. The Bertz CT molecular complexity index is 450. The van der Waals surface area contributed by atoms with Crippen LogP contribution in [0.1, 0.15) is 0 Å². The van der Waals surface area contributed by atoms with Crippen LogP contribution in [-0.4, -0.2) is 17.6 Å². The van der Waals surface area contributed by atoms with Gasteiger partial charge in [-0.05, 0) is 0 Å². The van der Waals surface area contributed by atoms with Gasteiger partial charge in [-0.2, -0.15) is 0 Å². The first-order chi connectivity index (χ1) is 6.74. The van der Waals surface area contributed by atoms with E-state index >= 15 is 0 Å². The monoisotopic (exact) mass is 258 g/mol. The van der Waals surface area contributed by atoms with Crippen molar-refractivity contribution in [3.05, 3.63) is 0 Å². The van der Waals surface area contributed by atoms with Gasteiger partial charge in [0.2, 0.25) is 5.85 Å². The molecule has 0 aromatic carbocycles. The van der Waals surface area contributed by atoms with Crippen LogP contribution >= 0.6 is 15.6 Å². The molecule has 6 fully saturated rings. The molecule has 6 heterocycles. The first kappa shape index (κ1) is 9.20. The third kappa shape index (κ3) is 0.711. The molecule has 6 saturated heterocycles. The smallest absolute Gasteiger partial charge is 0.285 e. The fourth-order valence-electron chi connectivity index (χ4n) is 1.74. The Morgan fingerprint density at radius 3 is 1.60 bits per heavy atom. The van der Waals surface area contributed by atoms with Crippen molar-refractivity contribution in [3.63, 3.8) is 0 Å². The summed E-state index contributed by atoms with van der Waals surface area (Å²) in [6.45, 7) is 0. The Labute approximate surface area is 81.9 Å². The van der Waals surface area contributed by atoms with Crippen LogP contribution in [-0.2, 0) is 36.3 Å². The molecular weight excluding hydrogens is 254 g/mol. The molecule has 0 aliphatic carbocycles. The minimum absolute atomic E-state index is 1.93. The molecule has 84 valence electrons. The summed E-state index contributed by atoms with van der Waals surface area (Å²) in [6.07, 6.45) is 0. The fourth-order valence-corrected chi connectivity index (χ4v) is 4.74. The zero-order valence-electron chi connectivity index (χ0n) is 6.82. The van der Waals surface area contributed by atoms with Crippen LogP contribution in [0.2, 0.25) is 0 Å². The van der Waals surface area contributed by atoms with Crippen LogP contribution in [0.3, 0.4) is 0 Å². The summed E-state index contributed by atoms with van der Waals surface area (Å²) >= 11 is 0. The number of hydrogen-bond acceptors (Lipinski definition) is 10. The Hall–Kier alpha value is 0.140. The van der Waals surface area contributed by atoms with Gasteiger partial charge in [0, 0.05) is 0 Å². The highest BCUT2D eigenvalue weighted by molar-refractivity contribution is 7.52.